The van der Waals surface area contributed by atoms with E-state index in [0.29, 0.717) is 5.56 Å². The number of fused-ring (bicyclic) bond motifs is 1. The lowest BCUT2D eigenvalue weighted by atomic mass is 10.1. The predicted octanol–water partition coefficient (Wildman–Crippen LogP) is 2.73. The number of aliphatic hydroxyl groups is 1. The van der Waals surface area contributed by atoms with E-state index in [1.807, 2.05) is 19.1 Å². The van der Waals surface area contributed by atoms with E-state index in [1.54, 1.807) is 19.1 Å². The summed E-state index contributed by atoms with van der Waals surface area (Å²) in [5.74, 6) is 0.770. The van der Waals surface area contributed by atoms with Gasteiger partial charge < -0.3 is 9.52 Å². The molecule has 1 N–H and O–H groups in total. The SMILES string of the molecule is CC(=O)c1ccc2oc([C@H](C)CO)cc2c1. The van der Waals surface area contributed by atoms with Gasteiger partial charge >= 0.3 is 0 Å². The van der Waals surface area contributed by atoms with Gasteiger partial charge in [-0.2, -0.15) is 0 Å². The van der Waals surface area contributed by atoms with E-state index in [0.717, 1.165) is 16.7 Å². The van der Waals surface area contributed by atoms with Crippen LogP contribution >= 0.6 is 0 Å². The molecule has 0 unspecified atom stereocenters. The van der Waals surface area contributed by atoms with Crippen LogP contribution in [0.2, 0.25) is 0 Å². The minimum Gasteiger partial charge on any atom is -0.461 e. The van der Waals surface area contributed by atoms with Gasteiger partial charge in [-0.05, 0) is 31.2 Å². The van der Waals surface area contributed by atoms with Crippen molar-refractivity contribution in [1.82, 2.24) is 0 Å². The molecule has 1 aromatic heterocycles. The second kappa shape index (κ2) is 4.10. The van der Waals surface area contributed by atoms with Gasteiger partial charge in [-0.3, -0.25) is 4.79 Å². The van der Waals surface area contributed by atoms with Gasteiger partial charge in [0.2, 0.25) is 0 Å². The van der Waals surface area contributed by atoms with E-state index < -0.39 is 0 Å². The Morgan fingerprint density at radius 1 is 1.44 bits per heavy atom. The van der Waals surface area contributed by atoms with Crippen molar-refractivity contribution in [3.63, 3.8) is 0 Å². The summed E-state index contributed by atoms with van der Waals surface area (Å²) in [5.41, 5.74) is 1.43. The zero-order valence-corrected chi connectivity index (χ0v) is 9.36. The smallest absolute Gasteiger partial charge is 0.159 e. The molecule has 1 atom stereocenters. The summed E-state index contributed by atoms with van der Waals surface area (Å²) in [5, 5.41) is 9.95. The minimum atomic E-state index is -0.0202. The Hall–Kier alpha value is -1.61. The maximum Gasteiger partial charge on any atom is 0.159 e. The largest absolute Gasteiger partial charge is 0.461 e. The number of hydrogen-bond acceptors (Lipinski definition) is 3. The number of hydrogen-bond donors (Lipinski definition) is 1. The number of carbonyl (C=O) groups excluding carboxylic acids is 1. The van der Waals surface area contributed by atoms with E-state index in [1.165, 1.54) is 0 Å². The minimum absolute atomic E-state index is 0.0202. The van der Waals surface area contributed by atoms with Crippen LogP contribution in [0.5, 0.6) is 0 Å². The molecule has 0 saturated carbocycles. The first kappa shape index (κ1) is 10.9. The molecule has 0 amide bonds. The number of aliphatic hydroxyl groups excluding tert-OH is 1. The summed E-state index contributed by atoms with van der Waals surface area (Å²) < 4.78 is 5.58. The standard InChI is InChI=1S/C13H14O3/c1-8(7-14)13-6-11-5-10(9(2)15)3-4-12(11)16-13/h3-6,8,14H,7H2,1-2H3/t8-/m1/s1. The maximum absolute atomic E-state index is 11.2. The molecule has 3 heteroatoms. The van der Waals surface area contributed by atoms with Crippen molar-refractivity contribution in [1.29, 1.82) is 0 Å². The van der Waals surface area contributed by atoms with Crippen LogP contribution in [-0.2, 0) is 0 Å². The lowest BCUT2D eigenvalue weighted by Crippen LogP contribution is -1.95. The highest BCUT2D eigenvalue weighted by Gasteiger charge is 2.11. The van der Waals surface area contributed by atoms with Crippen molar-refractivity contribution in [3.8, 4) is 0 Å². The lowest BCUT2D eigenvalue weighted by molar-refractivity contribution is 0.101. The molecule has 1 heterocycles. The highest BCUT2D eigenvalue weighted by atomic mass is 16.3. The van der Waals surface area contributed by atoms with Gasteiger partial charge in [-0.25, -0.2) is 0 Å². The molecular weight excluding hydrogens is 204 g/mol. The topological polar surface area (TPSA) is 50.4 Å². The molecule has 0 fully saturated rings. The molecule has 0 aliphatic rings. The van der Waals surface area contributed by atoms with Crippen molar-refractivity contribution < 1.29 is 14.3 Å². The Morgan fingerprint density at radius 2 is 2.19 bits per heavy atom. The first-order chi connectivity index (χ1) is 7.61. The van der Waals surface area contributed by atoms with Gasteiger partial charge in [-0.15, -0.1) is 0 Å². The third-order valence-electron chi connectivity index (χ3n) is 2.70. The zero-order valence-electron chi connectivity index (χ0n) is 9.36. The molecule has 2 aromatic rings. The first-order valence-corrected chi connectivity index (χ1v) is 5.27. The second-order valence-electron chi connectivity index (χ2n) is 4.04. The first-order valence-electron chi connectivity index (χ1n) is 5.27. The van der Waals surface area contributed by atoms with Gasteiger partial charge in [-0.1, -0.05) is 6.92 Å². The van der Waals surface area contributed by atoms with Crippen LogP contribution in [0.15, 0.2) is 28.7 Å². The fourth-order valence-corrected chi connectivity index (χ4v) is 1.62. The quantitative estimate of drug-likeness (QED) is 0.806. The molecule has 0 bridgehead atoms. The molecule has 2 rings (SSSR count). The van der Waals surface area contributed by atoms with E-state index >= 15 is 0 Å². The predicted molar refractivity (Wildman–Crippen MR) is 61.7 cm³/mol. The maximum atomic E-state index is 11.2. The Labute approximate surface area is 93.7 Å². The highest BCUT2D eigenvalue weighted by Crippen LogP contribution is 2.25. The van der Waals surface area contributed by atoms with E-state index in [4.69, 9.17) is 9.52 Å². The number of rotatable bonds is 3. The van der Waals surface area contributed by atoms with Gasteiger partial charge in [0.1, 0.15) is 11.3 Å². The Morgan fingerprint density at radius 3 is 2.81 bits per heavy atom. The van der Waals surface area contributed by atoms with Crippen molar-refractivity contribution in [3.05, 3.63) is 35.6 Å². The van der Waals surface area contributed by atoms with Crippen LogP contribution in [0.25, 0.3) is 11.0 Å². The van der Waals surface area contributed by atoms with Crippen molar-refractivity contribution in [2.45, 2.75) is 19.8 Å². The molecular formula is C13H14O3. The molecule has 1 aromatic carbocycles. The van der Waals surface area contributed by atoms with Crippen LogP contribution in [0.4, 0.5) is 0 Å². The van der Waals surface area contributed by atoms with E-state index in [-0.39, 0.29) is 18.3 Å². The second-order valence-corrected chi connectivity index (χ2v) is 4.04. The Kier molecular flexibility index (Phi) is 2.79. The molecule has 0 aliphatic heterocycles. The third kappa shape index (κ3) is 1.86. The monoisotopic (exact) mass is 218 g/mol. The van der Waals surface area contributed by atoms with Crippen LogP contribution in [-0.4, -0.2) is 17.5 Å². The number of carbonyl (C=O) groups is 1. The summed E-state index contributed by atoms with van der Waals surface area (Å²) in [6.07, 6.45) is 0. The summed E-state index contributed by atoms with van der Waals surface area (Å²) in [4.78, 5) is 11.2. The molecule has 0 spiro atoms. The summed E-state index contributed by atoms with van der Waals surface area (Å²) >= 11 is 0. The number of furan rings is 1. The number of ketones is 1. The zero-order chi connectivity index (χ0) is 11.7. The Balaban J connectivity index is 2.49. The fourth-order valence-electron chi connectivity index (χ4n) is 1.62. The van der Waals surface area contributed by atoms with E-state index in [2.05, 4.69) is 0 Å². The van der Waals surface area contributed by atoms with Gasteiger partial charge in [0.15, 0.2) is 5.78 Å². The van der Waals surface area contributed by atoms with Gasteiger partial charge in [0.05, 0.1) is 6.61 Å². The number of benzene rings is 1. The normalized spacial score (nSPS) is 12.9. The van der Waals surface area contributed by atoms with Crippen LogP contribution in [0.3, 0.4) is 0 Å². The van der Waals surface area contributed by atoms with Crippen molar-refractivity contribution in [2.75, 3.05) is 6.61 Å². The lowest BCUT2D eigenvalue weighted by Gasteiger charge is -2.00. The average Bonchev–Trinajstić information content (AvgIpc) is 2.70. The van der Waals surface area contributed by atoms with Gasteiger partial charge in [0, 0.05) is 16.9 Å². The van der Waals surface area contributed by atoms with Crippen molar-refractivity contribution >= 4 is 16.8 Å². The average molecular weight is 218 g/mol. The summed E-state index contributed by atoms with van der Waals surface area (Å²) in [7, 11) is 0. The fraction of sp³-hybridized carbons (Fsp3) is 0.308. The third-order valence-corrected chi connectivity index (χ3v) is 2.70. The summed E-state index contributed by atoms with van der Waals surface area (Å²) in [6, 6.07) is 7.23. The summed E-state index contributed by atoms with van der Waals surface area (Å²) in [6.45, 7) is 3.49. The molecule has 16 heavy (non-hydrogen) atoms. The molecule has 84 valence electrons. The van der Waals surface area contributed by atoms with Crippen LogP contribution < -0.4 is 0 Å². The molecule has 3 nitrogen and oxygen atoms in total. The van der Waals surface area contributed by atoms with E-state index in [9.17, 15) is 4.79 Å². The highest BCUT2D eigenvalue weighted by molar-refractivity contribution is 5.97. The molecule has 0 radical (unpaired) electrons. The van der Waals surface area contributed by atoms with Gasteiger partial charge in [0.25, 0.3) is 0 Å². The number of Topliss-reactive ketones (excluding diaryl/α,β-unsaturated/α-hetero) is 1. The Bertz CT molecular complexity index is 525. The van der Waals surface area contributed by atoms with Crippen LogP contribution in [0.1, 0.15) is 35.9 Å². The van der Waals surface area contributed by atoms with Crippen LogP contribution in [0, 0.1) is 0 Å². The molecule has 0 aliphatic carbocycles. The molecule has 0 saturated heterocycles. The van der Waals surface area contributed by atoms with Crippen molar-refractivity contribution in [2.24, 2.45) is 0 Å².